The first kappa shape index (κ1) is 16.1. The van der Waals surface area contributed by atoms with E-state index in [0.29, 0.717) is 17.2 Å². The van der Waals surface area contributed by atoms with Gasteiger partial charge in [0.05, 0.1) is 0 Å². The number of likely N-dealkylation sites (tertiary alicyclic amines) is 1. The molecule has 1 unspecified atom stereocenters. The maximum Gasteiger partial charge on any atom is 0.225 e. The lowest BCUT2D eigenvalue weighted by Gasteiger charge is -2.45. The fraction of sp³-hybridized carbons (Fsp3) is 0.938. The molecule has 4 heteroatoms. The molecule has 0 aromatic carbocycles. The Balaban J connectivity index is 0.00000147. The minimum atomic E-state index is 0. The van der Waals surface area contributed by atoms with Crippen LogP contribution in [0.3, 0.4) is 0 Å². The van der Waals surface area contributed by atoms with Crippen molar-refractivity contribution < 1.29 is 4.79 Å². The average molecular weight is 301 g/mol. The monoisotopic (exact) mass is 300 g/mol. The Morgan fingerprint density at radius 2 is 1.70 bits per heavy atom. The molecule has 0 radical (unpaired) electrons. The van der Waals surface area contributed by atoms with Crippen molar-refractivity contribution >= 4 is 18.3 Å². The third kappa shape index (κ3) is 3.14. The standard InChI is InChI=1S/C16H28N2O.ClH/c1-13(14-11-17-12-14)15(19)18-9-7-16(8-10-18)5-3-2-4-6-16;/h13-14,17H,2-12H2,1H3;1H. The summed E-state index contributed by atoms with van der Waals surface area (Å²) >= 11 is 0. The Hall–Kier alpha value is -0.280. The molecular weight excluding hydrogens is 272 g/mol. The average Bonchev–Trinajstić information content (AvgIpc) is 2.38. The number of hydrogen-bond acceptors (Lipinski definition) is 2. The lowest BCUT2D eigenvalue weighted by Crippen LogP contribution is -2.52. The molecule has 0 bridgehead atoms. The molecule has 1 atom stereocenters. The molecular formula is C16H29ClN2O. The third-order valence-corrected chi connectivity index (χ3v) is 5.96. The van der Waals surface area contributed by atoms with Crippen LogP contribution in [-0.2, 0) is 4.79 Å². The Morgan fingerprint density at radius 1 is 1.10 bits per heavy atom. The molecule has 116 valence electrons. The van der Waals surface area contributed by atoms with E-state index < -0.39 is 0 Å². The van der Waals surface area contributed by atoms with Gasteiger partial charge in [0.15, 0.2) is 0 Å². The Labute approximate surface area is 129 Å². The fourth-order valence-electron chi connectivity index (χ4n) is 4.16. The van der Waals surface area contributed by atoms with Crippen molar-refractivity contribution in [3.8, 4) is 0 Å². The minimum Gasteiger partial charge on any atom is -0.342 e. The molecule has 0 aromatic rings. The molecule has 2 saturated heterocycles. The topological polar surface area (TPSA) is 32.3 Å². The van der Waals surface area contributed by atoms with Gasteiger partial charge in [-0.15, -0.1) is 12.4 Å². The van der Waals surface area contributed by atoms with Crippen LogP contribution in [0.4, 0.5) is 0 Å². The van der Waals surface area contributed by atoms with Crippen molar-refractivity contribution in [2.24, 2.45) is 17.3 Å². The second-order valence-electron chi connectivity index (χ2n) is 7.09. The summed E-state index contributed by atoms with van der Waals surface area (Å²) in [6.07, 6.45) is 9.60. The largest absolute Gasteiger partial charge is 0.342 e. The molecule has 2 heterocycles. The molecule has 3 fully saturated rings. The maximum absolute atomic E-state index is 12.5. The van der Waals surface area contributed by atoms with E-state index in [0.717, 1.165) is 26.2 Å². The number of amides is 1. The fourth-order valence-corrected chi connectivity index (χ4v) is 4.16. The van der Waals surface area contributed by atoms with Crippen LogP contribution < -0.4 is 5.32 Å². The predicted octanol–water partition coefficient (Wildman–Crippen LogP) is 2.84. The van der Waals surface area contributed by atoms with E-state index in [1.54, 1.807) is 0 Å². The number of nitrogens with zero attached hydrogens (tertiary/aromatic N) is 1. The van der Waals surface area contributed by atoms with Crippen LogP contribution in [0.25, 0.3) is 0 Å². The summed E-state index contributed by atoms with van der Waals surface area (Å²) in [7, 11) is 0. The molecule has 1 N–H and O–H groups in total. The summed E-state index contributed by atoms with van der Waals surface area (Å²) in [5, 5.41) is 3.28. The first-order valence-corrected chi connectivity index (χ1v) is 8.20. The minimum absolute atomic E-state index is 0. The van der Waals surface area contributed by atoms with Crippen molar-refractivity contribution in [3.63, 3.8) is 0 Å². The number of rotatable bonds is 2. The molecule has 1 spiro atoms. The van der Waals surface area contributed by atoms with Gasteiger partial charge >= 0.3 is 0 Å². The Kier molecular flexibility index (Phi) is 5.36. The van der Waals surface area contributed by atoms with Crippen LogP contribution in [0, 0.1) is 17.3 Å². The summed E-state index contributed by atoms with van der Waals surface area (Å²) in [6.45, 7) is 6.22. The van der Waals surface area contributed by atoms with Crippen molar-refractivity contribution in [3.05, 3.63) is 0 Å². The van der Waals surface area contributed by atoms with Gasteiger partial charge in [-0.05, 0) is 50.1 Å². The Bertz CT molecular complexity index is 327. The molecule has 3 rings (SSSR count). The highest BCUT2D eigenvalue weighted by atomic mass is 35.5. The zero-order valence-electron chi connectivity index (χ0n) is 12.7. The SMILES string of the molecule is CC(C(=O)N1CCC2(CCCCC2)CC1)C1CNC1.Cl. The van der Waals surface area contributed by atoms with Crippen LogP contribution in [-0.4, -0.2) is 37.0 Å². The van der Waals surface area contributed by atoms with Gasteiger partial charge in [-0.25, -0.2) is 0 Å². The normalized spacial score (nSPS) is 27.6. The third-order valence-electron chi connectivity index (χ3n) is 5.96. The van der Waals surface area contributed by atoms with E-state index in [-0.39, 0.29) is 18.3 Å². The number of hydrogen-bond donors (Lipinski definition) is 1. The van der Waals surface area contributed by atoms with Crippen molar-refractivity contribution in [1.82, 2.24) is 10.2 Å². The van der Waals surface area contributed by atoms with Crippen LogP contribution in [0.15, 0.2) is 0 Å². The van der Waals surface area contributed by atoms with Gasteiger partial charge in [0.1, 0.15) is 0 Å². The zero-order chi connectivity index (χ0) is 13.3. The molecule has 1 aliphatic carbocycles. The number of nitrogens with one attached hydrogen (secondary N) is 1. The number of carbonyl (C=O) groups excluding carboxylic acids is 1. The molecule has 3 nitrogen and oxygen atoms in total. The number of halogens is 1. The van der Waals surface area contributed by atoms with Gasteiger partial charge in [-0.3, -0.25) is 4.79 Å². The van der Waals surface area contributed by atoms with E-state index in [1.807, 2.05) is 0 Å². The lowest BCUT2D eigenvalue weighted by molar-refractivity contribution is -0.140. The first-order chi connectivity index (χ1) is 9.20. The van der Waals surface area contributed by atoms with E-state index in [9.17, 15) is 4.79 Å². The zero-order valence-corrected chi connectivity index (χ0v) is 13.5. The van der Waals surface area contributed by atoms with Crippen molar-refractivity contribution in [2.75, 3.05) is 26.2 Å². The van der Waals surface area contributed by atoms with E-state index in [4.69, 9.17) is 0 Å². The summed E-state index contributed by atoms with van der Waals surface area (Å²) in [5.74, 6) is 1.22. The highest BCUT2D eigenvalue weighted by Gasteiger charge is 2.38. The smallest absolute Gasteiger partial charge is 0.225 e. The van der Waals surface area contributed by atoms with Gasteiger partial charge < -0.3 is 10.2 Å². The summed E-state index contributed by atoms with van der Waals surface area (Å²) in [4.78, 5) is 14.7. The predicted molar refractivity (Wildman–Crippen MR) is 84.1 cm³/mol. The molecule has 2 aliphatic heterocycles. The van der Waals surface area contributed by atoms with Crippen LogP contribution in [0.1, 0.15) is 51.9 Å². The first-order valence-electron chi connectivity index (χ1n) is 8.20. The van der Waals surface area contributed by atoms with Gasteiger partial charge in [-0.1, -0.05) is 26.2 Å². The number of piperidine rings is 1. The van der Waals surface area contributed by atoms with Gasteiger partial charge in [0, 0.05) is 19.0 Å². The van der Waals surface area contributed by atoms with Crippen LogP contribution >= 0.6 is 12.4 Å². The Morgan fingerprint density at radius 3 is 2.20 bits per heavy atom. The number of carbonyl (C=O) groups is 1. The summed E-state index contributed by atoms with van der Waals surface area (Å²) < 4.78 is 0. The van der Waals surface area contributed by atoms with Gasteiger partial charge in [-0.2, -0.15) is 0 Å². The van der Waals surface area contributed by atoms with E-state index in [1.165, 1.54) is 44.9 Å². The second-order valence-corrected chi connectivity index (χ2v) is 7.09. The molecule has 1 amide bonds. The highest BCUT2D eigenvalue weighted by molar-refractivity contribution is 5.85. The highest BCUT2D eigenvalue weighted by Crippen LogP contribution is 2.44. The van der Waals surface area contributed by atoms with Crippen LogP contribution in [0.2, 0.25) is 0 Å². The molecule has 20 heavy (non-hydrogen) atoms. The molecule has 0 aromatic heterocycles. The van der Waals surface area contributed by atoms with Gasteiger partial charge in [0.25, 0.3) is 0 Å². The summed E-state index contributed by atoms with van der Waals surface area (Å²) in [6, 6.07) is 0. The molecule has 1 saturated carbocycles. The lowest BCUT2D eigenvalue weighted by atomic mass is 9.68. The van der Waals surface area contributed by atoms with Crippen LogP contribution in [0.5, 0.6) is 0 Å². The van der Waals surface area contributed by atoms with Crippen molar-refractivity contribution in [1.29, 1.82) is 0 Å². The molecule has 3 aliphatic rings. The second kappa shape index (κ2) is 6.65. The van der Waals surface area contributed by atoms with E-state index in [2.05, 4.69) is 17.1 Å². The van der Waals surface area contributed by atoms with E-state index >= 15 is 0 Å². The quantitative estimate of drug-likeness (QED) is 0.850. The summed E-state index contributed by atoms with van der Waals surface area (Å²) in [5.41, 5.74) is 0.607. The maximum atomic E-state index is 12.5. The van der Waals surface area contributed by atoms with Gasteiger partial charge in [0.2, 0.25) is 5.91 Å². The van der Waals surface area contributed by atoms with Crippen molar-refractivity contribution in [2.45, 2.75) is 51.9 Å².